The Bertz CT molecular complexity index is 1350. The van der Waals surface area contributed by atoms with Gasteiger partial charge < -0.3 is 19.3 Å². The Kier molecular flexibility index (Phi) is 5.98. The third-order valence-electron chi connectivity index (χ3n) is 4.52. The highest BCUT2D eigenvalue weighted by molar-refractivity contribution is 7.21. The first-order chi connectivity index (χ1) is 15.3. The van der Waals surface area contributed by atoms with Crippen LogP contribution in [0.4, 0.5) is 9.18 Å². The zero-order chi connectivity index (χ0) is 23.0. The van der Waals surface area contributed by atoms with Gasteiger partial charge in [0.2, 0.25) is 5.88 Å². The summed E-state index contributed by atoms with van der Waals surface area (Å²) in [5.74, 6) is -0.499. The molecule has 1 unspecified atom stereocenters. The molecule has 11 heteroatoms. The van der Waals surface area contributed by atoms with Gasteiger partial charge in [-0.2, -0.15) is 0 Å². The molecule has 0 aliphatic rings. The van der Waals surface area contributed by atoms with Crippen molar-refractivity contribution in [1.29, 1.82) is 0 Å². The quantitative estimate of drug-likeness (QED) is 0.364. The van der Waals surface area contributed by atoms with E-state index in [0.29, 0.717) is 32.1 Å². The maximum atomic E-state index is 14.8. The van der Waals surface area contributed by atoms with Crippen LogP contribution in [0.5, 0.6) is 11.6 Å². The van der Waals surface area contributed by atoms with E-state index in [1.807, 2.05) is 19.1 Å². The number of aryl methyl sites for hydroxylation is 1. The van der Waals surface area contributed by atoms with Crippen LogP contribution < -0.4 is 9.47 Å². The standard InChI is InChI=1S/C21H17ClFN3O5S/c1-9-4-11(18-12(5-9)25-15(29-3)7-24-18)20-26-19-14(32-20)6-13(17(23)16(19)22)30-8-10(2)31-21(27)28/h4-7,10H,8H2,1-3H3,(H,27,28). The van der Waals surface area contributed by atoms with Crippen molar-refractivity contribution >= 4 is 50.3 Å². The van der Waals surface area contributed by atoms with Crippen LogP contribution in [0.2, 0.25) is 5.02 Å². The summed E-state index contributed by atoms with van der Waals surface area (Å²) >= 11 is 7.54. The van der Waals surface area contributed by atoms with Crippen LogP contribution in [0.1, 0.15) is 12.5 Å². The third kappa shape index (κ3) is 4.23. The van der Waals surface area contributed by atoms with Crippen molar-refractivity contribution in [1.82, 2.24) is 15.0 Å². The summed E-state index contributed by atoms with van der Waals surface area (Å²) in [6.45, 7) is 3.25. The lowest BCUT2D eigenvalue weighted by atomic mass is 10.1. The molecule has 2 aromatic heterocycles. The Balaban J connectivity index is 1.76. The number of ether oxygens (including phenoxy) is 3. The van der Waals surface area contributed by atoms with Gasteiger partial charge in [0.25, 0.3) is 0 Å². The van der Waals surface area contributed by atoms with Crippen molar-refractivity contribution in [3.05, 3.63) is 40.8 Å². The maximum Gasteiger partial charge on any atom is 0.506 e. The number of carboxylic acid groups (broad SMARTS) is 1. The minimum Gasteiger partial charge on any atom is -0.487 e. The third-order valence-corrected chi connectivity index (χ3v) is 5.90. The minimum absolute atomic E-state index is 0.114. The van der Waals surface area contributed by atoms with E-state index in [4.69, 9.17) is 26.2 Å². The van der Waals surface area contributed by atoms with Gasteiger partial charge in [0.05, 0.1) is 29.0 Å². The molecule has 8 nitrogen and oxygen atoms in total. The van der Waals surface area contributed by atoms with Crippen LogP contribution in [0.15, 0.2) is 24.4 Å². The van der Waals surface area contributed by atoms with Gasteiger partial charge in [-0.25, -0.2) is 24.1 Å². The van der Waals surface area contributed by atoms with Crippen LogP contribution >= 0.6 is 22.9 Å². The normalized spacial score (nSPS) is 12.2. The second-order valence-electron chi connectivity index (χ2n) is 6.97. The summed E-state index contributed by atoms with van der Waals surface area (Å²) in [6.07, 6.45) is -0.700. The van der Waals surface area contributed by atoms with E-state index in [1.54, 1.807) is 0 Å². The van der Waals surface area contributed by atoms with Crippen LogP contribution in [0.25, 0.3) is 31.8 Å². The summed E-state index contributed by atoms with van der Waals surface area (Å²) in [6, 6.07) is 5.30. The molecule has 0 spiro atoms. The van der Waals surface area contributed by atoms with Gasteiger partial charge >= 0.3 is 6.16 Å². The fourth-order valence-electron chi connectivity index (χ4n) is 3.12. The highest BCUT2D eigenvalue weighted by Gasteiger charge is 2.20. The SMILES string of the molecule is COc1cnc2c(-c3nc4c(Cl)c(F)c(OCC(C)OC(=O)O)cc4s3)cc(C)cc2n1. The van der Waals surface area contributed by atoms with Crippen molar-refractivity contribution in [3.8, 4) is 22.2 Å². The van der Waals surface area contributed by atoms with E-state index in [1.165, 1.54) is 37.6 Å². The fraction of sp³-hybridized carbons (Fsp3) is 0.238. The molecule has 0 amide bonds. The molecule has 166 valence electrons. The highest BCUT2D eigenvalue weighted by Crippen LogP contribution is 2.40. The molecule has 4 aromatic rings. The van der Waals surface area contributed by atoms with Crippen molar-refractivity contribution in [2.24, 2.45) is 0 Å². The van der Waals surface area contributed by atoms with Crippen LogP contribution in [0.3, 0.4) is 0 Å². The number of fused-ring (bicyclic) bond motifs is 2. The minimum atomic E-state index is -1.44. The van der Waals surface area contributed by atoms with Crippen molar-refractivity contribution < 1.29 is 28.5 Å². The topological polar surface area (TPSA) is 104 Å². The van der Waals surface area contributed by atoms with Gasteiger partial charge in [-0.05, 0) is 31.5 Å². The number of thiazole rings is 1. The Hall–Kier alpha value is -3.24. The highest BCUT2D eigenvalue weighted by atomic mass is 35.5. The molecule has 4 rings (SSSR count). The number of methoxy groups -OCH3 is 1. The van der Waals surface area contributed by atoms with Gasteiger partial charge in [-0.15, -0.1) is 11.3 Å². The molecule has 1 atom stereocenters. The number of rotatable bonds is 6. The summed E-state index contributed by atoms with van der Waals surface area (Å²) in [7, 11) is 1.52. The number of benzene rings is 2. The number of aromatic nitrogens is 3. The molecule has 2 aromatic carbocycles. The number of hydrogen-bond acceptors (Lipinski definition) is 8. The van der Waals surface area contributed by atoms with Gasteiger partial charge in [0.1, 0.15) is 28.3 Å². The zero-order valence-corrected chi connectivity index (χ0v) is 18.8. The number of nitrogens with zero attached hydrogens (tertiary/aromatic N) is 3. The molecule has 32 heavy (non-hydrogen) atoms. The average molecular weight is 478 g/mol. The monoisotopic (exact) mass is 477 g/mol. The molecule has 0 saturated heterocycles. The molecule has 2 heterocycles. The lowest BCUT2D eigenvalue weighted by Crippen LogP contribution is -2.21. The molecule has 0 fully saturated rings. The molecular formula is C21H17ClFN3O5S. The number of halogens is 2. The molecular weight excluding hydrogens is 461 g/mol. The fourth-order valence-corrected chi connectivity index (χ4v) is 4.44. The van der Waals surface area contributed by atoms with Crippen molar-refractivity contribution in [2.45, 2.75) is 20.0 Å². The van der Waals surface area contributed by atoms with Gasteiger partial charge in [-0.3, -0.25) is 0 Å². The van der Waals surface area contributed by atoms with Crippen LogP contribution in [0, 0.1) is 12.7 Å². The second kappa shape index (κ2) is 8.71. The van der Waals surface area contributed by atoms with Crippen LogP contribution in [-0.4, -0.2) is 46.0 Å². The van der Waals surface area contributed by atoms with E-state index < -0.39 is 18.1 Å². The van der Waals surface area contributed by atoms with E-state index >= 15 is 0 Å². The number of hydrogen-bond donors (Lipinski definition) is 1. The van der Waals surface area contributed by atoms with E-state index in [-0.39, 0.29) is 17.4 Å². The summed E-state index contributed by atoms with van der Waals surface area (Å²) < 4.78 is 30.5. The lowest BCUT2D eigenvalue weighted by Gasteiger charge is -2.13. The van der Waals surface area contributed by atoms with Gasteiger partial charge in [0.15, 0.2) is 11.6 Å². The average Bonchev–Trinajstić information content (AvgIpc) is 3.17. The summed E-state index contributed by atoms with van der Waals surface area (Å²) in [5.41, 5.74) is 3.25. The predicted molar refractivity (Wildman–Crippen MR) is 118 cm³/mol. The summed E-state index contributed by atoms with van der Waals surface area (Å²) in [4.78, 5) is 24.0. The smallest absolute Gasteiger partial charge is 0.487 e. The van der Waals surface area contributed by atoms with Gasteiger partial charge in [-0.1, -0.05) is 11.6 Å². The zero-order valence-electron chi connectivity index (χ0n) is 17.2. The summed E-state index contributed by atoms with van der Waals surface area (Å²) in [5, 5.41) is 9.07. The van der Waals surface area contributed by atoms with Gasteiger partial charge in [0, 0.05) is 11.6 Å². The van der Waals surface area contributed by atoms with Crippen LogP contribution in [-0.2, 0) is 4.74 Å². The van der Waals surface area contributed by atoms with E-state index in [9.17, 15) is 9.18 Å². The molecule has 0 bridgehead atoms. The van der Waals surface area contributed by atoms with E-state index in [2.05, 4.69) is 19.7 Å². The second-order valence-corrected chi connectivity index (χ2v) is 8.38. The first kappa shape index (κ1) is 22.0. The van der Waals surface area contributed by atoms with E-state index in [0.717, 1.165) is 11.1 Å². The Morgan fingerprint density at radius 2 is 2.06 bits per heavy atom. The predicted octanol–water partition coefficient (Wildman–Crippen LogP) is 5.48. The first-order valence-corrected chi connectivity index (χ1v) is 10.6. The molecule has 0 aliphatic heterocycles. The Morgan fingerprint density at radius 3 is 2.78 bits per heavy atom. The van der Waals surface area contributed by atoms with Crippen molar-refractivity contribution in [2.75, 3.05) is 13.7 Å². The first-order valence-electron chi connectivity index (χ1n) is 9.39. The number of carbonyl (C=O) groups is 1. The largest absolute Gasteiger partial charge is 0.506 e. The molecule has 0 aliphatic carbocycles. The van der Waals surface area contributed by atoms with Crippen molar-refractivity contribution in [3.63, 3.8) is 0 Å². The lowest BCUT2D eigenvalue weighted by molar-refractivity contribution is 0.0374. The molecule has 1 N–H and O–H groups in total. The molecule has 0 saturated carbocycles. The Morgan fingerprint density at radius 1 is 1.28 bits per heavy atom. The Labute approximate surface area is 190 Å². The molecule has 0 radical (unpaired) electrons. The maximum absolute atomic E-state index is 14.8.